The van der Waals surface area contributed by atoms with Gasteiger partial charge >= 0.3 is 0 Å². The number of hydrogen-bond donors (Lipinski definition) is 2. The number of carbonyl (C=O) groups is 1. The van der Waals surface area contributed by atoms with Crippen LogP contribution in [0.25, 0.3) is 0 Å². The lowest BCUT2D eigenvalue weighted by Crippen LogP contribution is -2.15. The molecule has 140 valence electrons. The maximum absolute atomic E-state index is 13.5. The summed E-state index contributed by atoms with van der Waals surface area (Å²) in [6.07, 6.45) is 0.980. The lowest BCUT2D eigenvalue weighted by atomic mass is 10.2. The van der Waals surface area contributed by atoms with Crippen LogP contribution in [-0.2, 0) is 17.8 Å². The van der Waals surface area contributed by atoms with E-state index < -0.39 is 5.82 Å². The number of carbonyl (C=O) groups excluding carboxylic acids is 1. The predicted octanol–water partition coefficient (Wildman–Crippen LogP) is 3.82. The van der Waals surface area contributed by atoms with Gasteiger partial charge in [0.25, 0.3) is 0 Å². The number of anilines is 1. The maximum atomic E-state index is 13.5. The highest BCUT2D eigenvalue weighted by Gasteiger charge is 2.10. The van der Waals surface area contributed by atoms with Crippen molar-refractivity contribution < 1.29 is 13.9 Å². The van der Waals surface area contributed by atoms with Crippen molar-refractivity contribution >= 4 is 23.4 Å². The number of amides is 1. The summed E-state index contributed by atoms with van der Waals surface area (Å²) in [7, 11) is 0. The molecule has 0 radical (unpaired) electrons. The summed E-state index contributed by atoms with van der Waals surface area (Å²) in [6.45, 7) is 2.35. The minimum absolute atomic E-state index is 0.0744. The molecule has 0 spiro atoms. The maximum Gasteiger partial charge on any atom is 0.234 e. The fraction of sp³-hybridized carbons (Fsp3) is 0.211. The Hall–Kier alpha value is -2.87. The molecule has 0 unspecified atom stereocenters. The van der Waals surface area contributed by atoms with Crippen LogP contribution in [0.15, 0.2) is 53.7 Å². The van der Waals surface area contributed by atoms with Crippen LogP contribution in [0.3, 0.4) is 0 Å². The van der Waals surface area contributed by atoms with Crippen molar-refractivity contribution in [3.63, 3.8) is 0 Å². The van der Waals surface area contributed by atoms with E-state index in [1.165, 1.54) is 17.7 Å². The summed E-state index contributed by atoms with van der Waals surface area (Å²) >= 11 is 1.16. The van der Waals surface area contributed by atoms with E-state index in [1.807, 2.05) is 24.3 Å². The molecule has 2 N–H and O–H groups in total. The van der Waals surface area contributed by atoms with Crippen LogP contribution in [0.1, 0.15) is 18.3 Å². The van der Waals surface area contributed by atoms with Crippen LogP contribution < -0.4 is 10.1 Å². The molecule has 27 heavy (non-hydrogen) atoms. The van der Waals surface area contributed by atoms with Gasteiger partial charge in [0.1, 0.15) is 18.2 Å². The summed E-state index contributed by atoms with van der Waals surface area (Å²) in [5, 5.41) is 9.77. The molecular weight excluding hydrogens is 367 g/mol. The number of aromatic amines is 1. The molecule has 3 aromatic rings. The first-order valence-corrected chi connectivity index (χ1v) is 9.43. The van der Waals surface area contributed by atoms with Gasteiger partial charge in [0.05, 0.1) is 11.4 Å². The SMILES string of the molecule is CCc1ccc(OCc2nc(SCC(=O)Nc3ccccc3F)n[nH]2)cc1. The molecular formula is C19H19FN4O2S. The van der Waals surface area contributed by atoms with Crippen molar-refractivity contribution in [2.24, 2.45) is 0 Å². The Morgan fingerprint density at radius 2 is 2.00 bits per heavy atom. The number of para-hydroxylation sites is 1. The lowest BCUT2D eigenvalue weighted by molar-refractivity contribution is -0.113. The molecule has 0 aliphatic heterocycles. The van der Waals surface area contributed by atoms with Crippen molar-refractivity contribution in [1.82, 2.24) is 15.2 Å². The molecule has 0 aliphatic rings. The Balaban J connectivity index is 1.46. The van der Waals surface area contributed by atoms with Crippen LogP contribution >= 0.6 is 11.8 Å². The fourth-order valence-electron chi connectivity index (χ4n) is 2.26. The minimum Gasteiger partial charge on any atom is -0.486 e. The number of thioether (sulfide) groups is 1. The monoisotopic (exact) mass is 386 g/mol. The number of nitrogens with zero attached hydrogens (tertiary/aromatic N) is 2. The average molecular weight is 386 g/mol. The van der Waals surface area contributed by atoms with Gasteiger partial charge in [-0.15, -0.1) is 5.10 Å². The molecule has 1 heterocycles. The van der Waals surface area contributed by atoms with Crippen LogP contribution in [0.4, 0.5) is 10.1 Å². The van der Waals surface area contributed by atoms with E-state index in [-0.39, 0.29) is 24.0 Å². The van der Waals surface area contributed by atoms with Crippen molar-refractivity contribution in [1.29, 1.82) is 0 Å². The van der Waals surface area contributed by atoms with E-state index in [2.05, 4.69) is 27.4 Å². The number of ether oxygens (including phenoxy) is 1. The van der Waals surface area contributed by atoms with Crippen LogP contribution in [0, 0.1) is 5.82 Å². The highest BCUT2D eigenvalue weighted by atomic mass is 32.2. The molecule has 0 atom stereocenters. The van der Waals surface area contributed by atoms with Gasteiger partial charge in [-0.05, 0) is 36.2 Å². The fourth-order valence-corrected chi connectivity index (χ4v) is 2.88. The third-order valence-corrected chi connectivity index (χ3v) is 4.55. The van der Waals surface area contributed by atoms with Crippen molar-refractivity contribution in [3.05, 3.63) is 65.7 Å². The van der Waals surface area contributed by atoms with Gasteiger partial charge in [0, 0.05) is 0 Å². The van der Waals surface area contributed by atoms with E-state index >= 15 is 0 Å². The number of rotatable bonds is 8. The second kappa shape index (κ2) is 9.18. The molecule has 2 aromatic carbocycles. The topological polar surface area (TPSA) is 79.9 Å². The number of aromatic nitrogens is 3. The number of aryl methyl sites for hydroxylation is 1. The molecule has 0 saturated carbocycles. The highest BCUT2D eigenvalue weighted by Crippen LogP contribution is 2.17. The van der Waals surface area contributed by atoms with Crippen LogP contribution in [-0.4, -0.2) is 26.8 Å². The minimum atomic E-state index is -0.472. The number of halogens is 1. The second-order valence-electron chi connectivity index (χ2n) is 5.67. The van der Waals surface area contributed by atoms with Crippen molar-refractivity contribution in [3.8, 4) is 5.75 Å². The Kier molecular flexibility index (Phi) is 6.43. The zero-order valence-corrected chi connectivity index (χ0v) is 15.6. The largest absolute Gasteiger partial charge is 0.486 e. The smallest absolute Gasteiger partial charge is 0.234 e. The Morgan fingerprint density at radius 1 is 1.22 bits per heavy atom. The Labute approximate surface area is 160 Å². The van der Waals surface area contributed by atoms with E-state index in [1.54, 1.807) is 12.1 Å². The molecule has 1 aromatic heterocycles. The number of hydrogen-bond acceptors (Lipinski definition) is 5. The van der Waals surface area contributed by atoms with E-state index in [4.69, 9.17) is 4.74 Å². The van der Waals surface area contributed by atoms with Crippen LogP contribution in [0.5, 0.6) is 5.75 Å². The summed E-state index contributed by atoms with van der Waals surface area (Å²) in [5.41, 5.74) is 1.40. The average Bonchev–Trinajstić information content (AvgIpc) is 3.15. The predicted molar refractivity (Wildman–Crippen MR) is 102 cm³/mol. The molecule has 1 amide bonds. The Bertz CT molecular complexity index is 899. The highest BCUT2D eigenvalue weighted by molar-refractivity contribution is 7.99. The third kappa shape index (κ3) is 5.55. The number of nitrogens with one attached hydrogen (secondary N) is 2. The van der Waals surface area contributed by atoms with Gasteiger partial charge in [-0.3, -0.25) is 9.89 Å². The molecule has 3 rings (SSSR count). The van der Waals surface area contributed by atoms with E-state index in [9.17, 15) is 9.18 Å². The van der Waals surface area contributed by atoms with Gasteiger partial charge in [0.15, 0.2) is 5.82 Å². The van der Waals surface area contributed by atoms with Crippen molar-refractivity contribution in [2.75, 3.05) is 11.1 Å². The van der Waals surface area contributed by atoms with Crippen molar-refractivity contribution in [2.45, 2.75) is 25.1 Å². The molecule has 8 heteroatoms. The summed E-state index contributed by atoms with van der Waals surface area (Å²) < 4.78 is 19.2. The van der Waals surface area contributed by atoms with Gasteiger partial charge in [0.2, 0.25) is 11.1 Å². The quantitative estimate of drug-likeness (QED) is 0.576. The van der Waals surface area contributed by atoms with Gasteiger partial charge in [-0.25, -0.2) is 9.37 Å². The third-order valence-electron chi connectivity index (χ3n) is 3.70. The van der Waals surface area contributed by atoms with E-state index in [0.717, 1.165) is 23.9 Å². The molecule has 6 nitrogen and oxygen atoms in total. The summed E-state index contributed by atoms with van der Waals surface area (Å²) in [6, 6.07) is 13.9. The van der Waals surface area contributed by atoms with Gasteiger partial charge in [-0.2, -0.15) is 0 Å². The zero-order chi connectivity index (χ0) is 19.1. The first kappa shape index (κ1) is 18.9. The first-order valence-electron chi connectivity index (χ1n) is 8.44. The lowest BCUT2D eigenvalue weighted by Gasteiger charge is -2.05. The standard InChI is InChI=1S/C19H19FN4O2S/c1-2-13-7-9-14(10-8-13)26-11-17-22-19(24-23-17)27-12-18(25)21-16-6-4-3-5-15(16)20/h3-10H,2,11-12H2,1H3,(H,21,25)(H,22,23,24). The molecule has 0 bridgehead atoms. The summed E-state index contributed by atoms with van der Waals surface area (Å²) in [4.78, 5) is 16.2. The van der Waals surface area contributed by atoms with Crippen LogP contribution in [0.2, 0.25) is 0 Å². The number of benzene rings is 2. The normalized spacial score (nSPS) is 10.6. The molecule has 0 saturated heterocycles. The molecule has 0 fully saturated rings. The Morgan fingerprint density at radius 3 is 2.74 bits per heavy atom. The second-order valence-corrected chi connectivity index (χ2v) is 6.61. The van der Waals surface area contributed by atoms with E-state index in [0.29, 0.717) is 11.0 Å². The first-order chi connectivity index (χ1) is 13.1. The van der Waals surface area contributed by atoms with Gasteiger partial charge < -0.3 is 10.1 Å². The zero-order valence-electron chi connectivity index (χ0n) is 14.7. The summed E-state index contributed by atoms with van der Waals surface area (Å²) in [5.74, 6) is 0.586. The van der Waals surface area contributed by atoms with Gasteiger partial charge in [-0.1, -0.05) is 43.0 Å². The molecule has 0 aliphatic carbocycles. The number of H-pyrrole nitrogens is 1.